The van der Waals surface area contributed by atoms with Crippen LogP contribution in [0.15, 0.2) is 36.4 Å². The molecule has 3 rings (SSSR count). The summed E-state index contributed by atoms with van der Waals surface area (Å²) in [7, 11) is 0. The quantitative estimate of drug-likeness (QED) is 0.648. The van der Waals surface area contributed by atoms with Crippen LogP contribution in [-0.4, -0.2) is 23.9 Å². The van der Waals surface area contributed by atoms with Gasteiger partial charge >= 0.3 is 0 Å². The lowest BCUT2D eigenvalue weighted by Crippen LogP contribution is -2.20. The number of halogens is 1. The molecular formula is C18H18ClN3O3. The second-order valence-electron chi connectivity index (χ2n) is 6.09. The van der Waals surface area contributed by atoms with Crippen molar-refractivity contribution in [3.8, 4) is 0 Å². The lowest BCUT2D eigenvalue weighted by Gasteiger charge is -2.18. The number of anilines is 2. The molecule has 1 heterocycles. The third-order valence-electron chi connectivity index (χ3n) is 4.25. The van der Waals surface area contributed by atoms with Crippen molar-refractivity contribution in [1.82, 2.24) is 0 Å². The Hall–Kier alpha value is -2.60. The number of nitrogens with one attached hydrogen (secondary N) is 1. The molecule has 130 valence electrons. The molecule has 0 saturated carbocycles. The van der Waals surface area contributed by atoms with Crippen molar-refractivity contribution in [2.45, 2.75) is 19.8 Å². The van der Waals surface area contributed by atoms with Gasteiger partial charge in [-0.2, -0.15) is 0 Å². The highest BCUT2D eigenvalue weighted by molar-refractivity contribution is 6.34. The minimum absolute atomic E-state index is 0.0513. The summed E-state index contributed by atoms with van der Waals surface area (Å²) < 4.78 is 0. The van der Waals surface area contributed by atoms with E-state index in [1.54, 1.807) is 24.3 Å². The second-order valence-corrected chi connectivity index (χ2v) is 6.50. The van der Waals surface area contributed by atoms with Gasteiger partial charge in [0, 0.05) is 24.7 Å². The Labute approximate surface area is 150 Å². The van der Waals surface area contributed by atoms with Crippen LogP contribution in [0.1, 0.15) is 28.8 Å². The SMILES string of the molecule is Cc1ccc(NC(=O)c2ccc(N3CCCC3)c([N+](=O)[O-])c2)c(Cl)c1. The predicted molar refractivity (Wildman–Crippen MR) is 98.7 cm³/mol. The van der Waals surface area contributed by atoms with E-state index in [1.165, 1.54) is 6.07 Å². The van der Waals surface area contributed by atoms with Gasteiger partial charge in [-0.3, -0.25) is 14.9 Å². The van der Waals surface area contributed by atoms with Crippen LogP contribution in [0, 0.1) is 17.0 Å². The van der Waals surface area contributed by atoms with Crippen LogP contribution in [0.3, 0.4) is 0 Å². The molecule has 0 aromatic heterocycles. The van der Waals surface area contributed by atoms with E-state index in [-0.39, 0.29) is 11.3 Å². The molecule has 7 heteroatoms. The molecule has 2 aromatic rings. The topological polar surface area (TPSA) is 75.5 Å². The van der Waals surface area contributed by atoms with Crippen molar-refractivity contribution in [2.24, 2.45) is 0 Å². The smallest absolute Gasteiger partial charge is 0.293 e. The molecule has 0 atom stereocenters. The largest absolute Gasteiger partial charge is 0.366 e. The normalized spacial score (nSPS) is 13.8. The minimum atomic E-state index is -0.441. The first-order valence-corrected chi connectivity index (χ1v) is 8.44. The summed E-state index contributed by atoms with van der Waals surface area (Å²) in [5, 5.41) is 14.6. The summed E-state index contributed by atoms with van der Waals surface area (Å²) in [6.45, 7) is 3.49. The fourth-order valence-corrected chi connectivity index (χ4v) is 3.23. The zero-order valence-corrected chi connectivity index (χ0v) is 14.5. The Kier molecular flexibility index (Phi) is 4.90. The first kappa shape index (κ1) is 17.2. The molecule has 0 bridgehead atoms. The molecule has 0 unspecified atom stereocenters. The summed E-state index contributed by atoms with van der Waals surface area (Å²) in [6, 6.07) is 9.87. The molecule has 0 spiro atoms. The summed E-state index contributed by atoms with van der Waals surface area (Å²) in [6.07, 6.45) is 2.04. The summed E-state index contributed by atoms with van der Waals surface area (Å²) in [4.78, 5) is 25.4. The fraction of sp³-hybridized carbons (Fsp3) is 0.278. The Morgan fingerprint density at radius 2 is 1.92 bits per heavy atom. The molecular weight excluding hydrogens is 342 g/mol. The van der Waals surface area contributed by atoms with Crippen LogP contribution in [0.4, 0.5) is 17.1 Å². The highest BCUT2D eigenvalue weighted by Crippen LogP contribution is 2.32. The molecule has 6 nitrogen and oxygen atoms in total. The number of nitro groups is 1. The molecule has 1 amide bonds. The van der Waals surface area contributed by atoms with E-state index in [9.17, 15) is 14.9 Å². The lowest BCUT2D eigenvalue weighted by molar-refractivity contribution is -0.384. The van der Waals surface area contributed by atoms with Gasteiger partial charge in [-0.1, -0.05) is 17.7 Å². The van der Waals surface area contributed by atoms with Crippen LogP contribution in [0.2, 0.25) is 5.02 Å². The van der Waals surface area contributed by atoms with Crippen molar-refractivity contribution in [3.05, 3.63) is 62.7 Å². The zero-order valence-electron chi connectivity index (χ0n) is 13.8. The molecule has 1 saturated heterocycles. The average Bonchev–Trinajstić information content (AvgIpc) is 3.11. The number of hydrogen-bond donors (Lipinski definition) is 1. The highest BCUT2D eigenvalue weighted by Gasteiger charge is 2.24. The summed E-state index contributed by atoms with van der Waals surface area (Å²) in [5.74, 6) is -0.429. The Balaban J connectivity index is 1.87. The number of nitro benzene ring substituents is 1. The van der Waals surface area contributed by atoms with Gasteiger partial charge < -0.3 is 10.2 Å². The highest BCUT2D eigenvalue weighted by atomic mass is 35.5. The fourth-order valence-electron chi connectivity index (χ4n) is 2.95. The molecule has 1 N–H and O–H groups in total. The number of aryl methyl sites for hydroxylation is 1. The summed E-state index contributed by atoms with van der Waals surface area (Å²) >= 11 is 6.12. The molecule has 1 aliphatic rings. The van der Waals surface area contributed by atoms with Crippen LogP contribution in [0.25, 0.3) is 0 Å². The van der Waals surface area contributed by atoms with E-state index in [1.807, 2.05) is 17.9 Å². The van der Waals surface area contributed by atoms with Crippen molar-refractivity contribution >= 4 is 34.6 Å². The second kappa shape index (κ2) is 7.11. The van der Waals surface area contributed by atoms with Gasteiger partial charge in [0.15, 0.2) is 0 Å². The Morgan fingerprint density at radius 1 is 1.20 bits per heavy atom. The maximum Gasteiger partial charge on any atom is 0.293 e. The summed E-state index contributed by atoms with van der Waals surface area (Å²) in [5.41, 5.74) is 2.19. The van der Waals surface area contributed by atoms with E-state index in [4.69, 9.17) is 11.6 Å². The van der Waals surface area contributed by atoms with Crippen molar-refractivity contribution in [2.75, 3.05) is 23.3 Å². The molecule has 1 aliphatic heterocycles. The lowest BCUT2D eigenvalue weighted by atomic mass is 10.1. The van der Waals surface area contributed by atoms with E-state index in [0.29, 0.717) is 16.4 Å². The van der Waals surface area contributed by atoms with Gasteiger partial charge in [0.25, 0.3) is 11.6 Å². The molecule has 0 aliphatic carbocycles. The van der Waals surface area contributed by atoms with E-state index in [2.05, 4.69) is 5.32 Å². The first-order chi connectivity index (χ1) is 12.0. The van der Waals surface area contributed by atoms with Crippen molar-refractivity contribution < 1.29 is 9.72 Å². The van der Waals surface area contributed by atoms with Gasteiger partial charge in [0.2, 0.25) is 0 Å². The van der Waals surface area contributed by atoms with Crippen LogP contribution < -0.4 is 10.2 Å². The third kappa shape index (κ3) is 3.74. The number of carbonyl (C=O) groups excluding carboxylic acids is 1. The average molecular weight is 360 g/mol. The van der Waals surface area contributed by atoms with E-state index >= 15 is 0 Å². The minimum Gasteiger partial charge on any atom is -0.366 e. The maximum absolute atomic E-state index is 12.5. The van der Waals surface area contributed by atoms with Gasteiger partial charge in [0.05, 0.1) is 15.6 Å². The van der Waals surface area contributed by atoms with E-state index < -0.39 is 10.8 Å². The standard InChI is InChI=1S/C18H18ClN3O3/c1-12-4-6-15(14(19)10-12)20-18(23)13-5-7-16(17(11-13)22(24)25)21-8-2-3-9-21/h4-7,10-11H,2-3,8-9H2,1H3,(H,20,23). The van der Waals surface area contributed by atoms with Gasteiger partial charge in [-0.25, -0.2) is 0 Å². The number of amides is 1. The van der Waals surface area contributed by atoms with E-state index in [0.717, 1.165) is 31.5 Å². The predicted octanol–water partition coefficient (Wildman–Crippen LogP) is 4.41. The Bertz CT molecular complexity index is 832. The van der Waals surface area contributed by atoms with Crippen molar-refractivity contribution in [3.63, 3.8) is 0 Å². The number of hydrogen-bond acceptors (Lipinski definition) is 4. The van der Waals surface area contributed by atoms with Gasteiger partial charge in [0.1, 0.15) is 5.69 Å². The maximum atomic E-state index is 12.5. The molecule has 2 aromatic carbocycles. The molecule has 25 heavy (non-hydrogen) atoms. The molecule has 0 radical (unpaired) electrons. The monoisotopic (exact) mass is 359 g/mol. The van der Waals surface area contributed by atoms with Crippen LogP contribution in [-0.2, 0) is 0 Å². The number of nitrogens with zero attached hydrogens (tertiary/aromatic N) is 2. The first-order valence-electron chi connectivity index (χ1n) is 8.06. The van der Waals surface area contributed by atoms with Gasteiger partial charge in [-0.15, -0.1) is 0 Å². The third-order valence-corrected chi connectivity index (χ3v) is 4.57. The van der Waals surface area contributed by atoms with Crippen molar-refractivity contribution in [1.29, 1.82) is 0 Å². The van der Waals surface area contributed by atoms with Crippen LogP contribution >= 0.6 is 11.6 Å². The molecule has 1 fully saturated rings. The zero-order chi connectivity index (χ0) is 18.0. The number of benzene rings is 2. The Morgan fingerprint density at radius 3 is 2.56 bits per heavy atom. The van der Waals surface area contributed by atoms with Gasteiger partial charge in [-0.05, 0) is 49.6 Å². The number of carbonyl (C=O) groups is 1. The van der Waals surface area contributed by atoms with Crippen LogP contribution in [0.5, 0.6) is 0 Å². The number of rotatable bonds is 4.